The third-order valence-electron chi connectivity index (χ3n) is 7.60. The summed E-state index contributed by atoms with van der Waals surface area (Å²) in [5.41, 5.74) is -1.93. The van der Waals surface area contributed by atoms with Crippen LogP contribution in [0.15, 0.2) is 34.9 Å². The Kier molecular flexibility index (Phi) is 4.08. The van der Waals surface area contributed by atoms with Gasteiger partial charge in [-0.25, -0.2) is 0 Å². The van der Waals surface area contributed by atoms with E-state index >= 15 is 0 Å². The number of hydrogen-bond acceptors (Lipinski definition) is 2. The first-order valence-corrected chi connectivity index (χ1v) is 9.66. The Morgan fingerprint density at radius 2 is 1.86 bits per heavy atom. The van der Waals surface area contributed by atoms with Gasteiger partial charge in [0.1, 0.15) is 5.60 Å². The van der Waals surface area contributed by atoms with Gasteiger partial charge in [0, 0.05) is 11.8 Å². The third-order valence-corrected chi connectivity index (χ3v) is 7.60. The second kappa shape index (κ2) is 5.77. The van der Waals surface area contributed by atoms with Crippen molar-refractivity contribution in [2.45, 2.75) is 63.7 Å². The maximum atomic E-state index is 14.4. The van der Waals surface area contributed by atoms with Crippen molar-refractivity contribution in [3.63, 3.8) is 0 Å². The molecule has 0 saturated heterocycles. The number of aliphatic hydroxyl groups is 1. The maximum absolute atomic E-state index is 14.4. The Bertz CT molecular complexity index is 821. The highest BCUT2D eigenvalue weighted by Crippen LogP contribution is 2.67. The van der Waals surface area contributed by atoms with E-state index < -0.39 is 35.5 Å². The number of ketones is 1. The molecule has 1 fully saturated rings. The first-order chi connectivity index (χ1) is 12.8. The molecular weight excluding hydrogens is 379 g/mol. The largest absolute Gasteiger partial charge is 0.456 e. The molecule has 2 nitrogen and oxygen atoms in total. The Labute approximate surface area is 160 Å². The maximum Gasteiger partial charge on any atom is 0.456 e. The molecule has 1 N–H and O–H groups in total. The zero-order valence-corrected chi connectivity index (χ0v) is 15.7. The second-order valence-electron chi connectivity index (χ2n) is 8.97. The molecule has 5 atom stereocenters. The first kappa shape index (κ1) is 19.8. The molecule has 4 rings (SSSR count). The van der Waals surface area contributed by atoms with E-state index in [1.54, 1.807) is 12.2 Å². The van der Waals surface area contributed by atoms with E-state index in [9.17, 15) is 31.9 Å². The van der Waals surface area contributed by atoms with Gasteiger partial charge in [0.15, 0.2) is 5.78 Å². The number of rotatable bonds is 1. The molecule has 0 aromatic heterocycles. The predicted octanol–water partition coefficient (Wildman–Crippen LogP) is 5.14. The van der Waals surface area contributed by atoms with Crippen LogP contribution in [0, 0.1) is 23.2 Å². The summed E-state index contributed by atoms with van der Waals surface area (Å²) in [5, 5.41) is 10.8. The molecule has 0 aliphatic heterocycles. The fourth-order valence-electron chi connectivity index (χ4n) is 6.13. The summed E-state index contributed by atoms with van der Waals surface area (Å²) in [5.74, 6) is -5.85. The zero-order valence-electron chi connectivity index (χ0n) is 15.7. The summed E-state index contributed by atoms with van der Waals surface area (Å²) >= 11 is 0. The molecule has 4 aliphatic rings. The molecule has 0 unspecified atom stereocenters. The average Bonchev–Trinajstić information content (AvgIpc) is 2.86. The fraction of sp³-hybridized carbons (Fsp3) is 0.667. The van der Waals surface area contributed by atoms with Crippen molar-refractivity contribution in [3.8, 4) is 0 Å². The van der Waals surface area contributed by atoms with Crippen molar-refractivity contribution in [1.82, 2.24) is 0 Å². The first-order valence-electron chi connectivity index (χ1n) is 9.66. The van der Waals surface area contributed by atoms with E-state index in [1.807, 2.05) is 6.92 Å². The van der Waals surface area contributed by atoms with E-state index in [2.05, 4.69) is 0 Å². The van der Waals surface area contributed by atoms with Crippen molar-refractivity contribution < 1.29 is 31.9 Å². The highest BCUT2D eigenvalue weighted by molar-refractivity contribution is 5.93. The summed E-state index contributed by atoms with van der Waals surface area (Å²) in [7, 11) is 0. The molecule has 0 heterocycles. The number of allylic oxidation sites excluding steroid dienone is 5. The molecule has 0 aromatic carbocycles. The van der Waals surface area contributed by atoms with Gasteiger partial charge in [-0.3, -0.25) is 4.79 Å². The van der Waals surface area contributed by atoms with Crippen LogP contribution in [0.2, 0.25) is 0 Å². The summed E-state index contributed by atoms with van der Waals surface area (Å²) in [4.78, 5) is 11.8. The average molecular weight is 402 g/mol. The molecule has 0 spiro atoms. The van der Waals surface area contributed by atoms with Crippen LogP contribution in [-0.4, -0.2) is 28.6 Å². The number of halogens is 5. The molecule has 0 bridgehead atoms. The van der Waals surface area contributed by atoms with Gasteiger partial charge in [0.05, 0.1) is 0 Å². The van der Waals surface area contributed by atoms with Gasteiger partial charge in [-0.1, -0.05) is 26.0 Å². The van der Waals surface area contributed by atoms with Crippen LogP contribution in [0.5, 0.6) is 0 Å². The van der Waals surface area contributed by atoms with E-state index in [0.29, 0.717) is 19.3 Å². The Morgan fingerprint density at radius 3 is 2.50 bits per heavy atom. The van der Waals surface area contributed by atoms with Crippen LogP contribution in [0.1, 0.15) is 46.0 Å². The number of hydrogen-bond donors (Lipinski definition) is 1. The minimum absolute atomic E-state index is 0.00738. The van der Waals surface area contributed by atoms with E-state index in [-0.39, 0.29) is 24.0 Å². The predicted molar refractivity (Wildman–Crippen MR) is 92.5 cm³/mol. The molecule has 7 heteroatoms. The van der Waals surface area contributed by atoms with Gasteiger partial charge in [0.25, 0.3) is 0 Å². The minimum atomic E-state index is -5.82. The Morgan fingerprint density at radius 1 is 1.18 bits per heavy atom. The van der Waals surface area contributed by atoms with Gasteiger partial charge < -0.3 is 5.11 Å². The van der Waals surface area contributed by atoms with Crippen molar-refractivity contribution in [2.24, 2.45) is 23.2 Å². The lowest BCUT2D eigenvalue weighted by Gasteiger charge is -2.52. The number of carbonyl (C=O) groups is 1. The standard InChI is InChI=1S/C21H23F5O2/c1-11-9-12-10-13(27)3-4-14(12)15-5-7-18(2)16(17(11)15)6-8-19(18,28)20(22,23)21(24,25)26/h5,7,10-11,16-17,28H,3-4,6,8-9H2,1-2H3/t11-,16+,17-,18+,19+/m1/s1. The second-order valence-corrected chi connectivity index (χ2v) is 8.97. The molecule has 0 amide bonds. The van der Waals surface area contributed by atoms with E-state index in [1.165, 1.54) is 13.0 Å². The molecule has 0 aromatic rings. The van der Waals surface area contributed by atoms with Crippen LogP contribution >= 0.6 is 0 Å². The lowest BCUT2D eigenvalue weighted by Crippen LogP contribution is -2.64. The van der Waals surface area contributed by atoms with Gasteiger partial charge in [-0.2, -0.15) is 22.0 Å². The monoisotopic (exact) mass is 402 g/mol. The molecular formula is C21H23F5O2. The lowest BCUT2D eigenvalue weighted by atomic mass is 9.55. The normalized spacial score (nSPS) is 40.8. The Hall–Kier alpha value is -1.50. The van der Waals surface area contributed by atoms with Crippen LogP contribution in [0.4, 0.5) is 22.0 Å². The van der Waals surface area contributed by atoms with Crippen molar-refractivity contribution in [2.75, 3.05) is 0 Å². The number of alkyl halides is 5. The van der Waals surface area contributed by atoms with Gasteiger partial charge in [-0.15, -0.1) is 0 Å². The van der Waals surface area contributed by atoms with Crippen LogP contribution in [-0.2, 0) is 4.79 Å². The van der Waals surface area contributed by atoms with Crippen LogP contribution in [0.3, 0.4) is 0 Å². The van der Waals surface area contributed by atoms with Crippen LogP contribution < -0.4 is 0 Å². The van der Waals surface area contributed by atoms with Crippen molar-refractivity contribution in [3.05, 3.63) is 34.9 Å². The third kappa shape index (κ3) is 2.31. The minimum Gasteiger partial charge on any atom is -0.382 e. The fourth-order valence-corrected chi connectivity index (χ4v) is 6.13. The highest BCUT2D eigenvalue weighted by atomic mass is 19.4. The van der Waals surface area contributed by atoms with Crippen molar-refractivity contribution in [1.29, 1.82) is 0 Å². The zero-order chi connectivity index (χ0) is 20.7. The molecule has 28 heavy (non-hydrogen) atoms. The van der Waals surface area contributed by atoms with Gasteiger partial charge in [-0.05, 0) is 66.2 Å². The summed E-state index contributed by atoms with van der Waals surface area (Å²) in [6.45, 7) is 3.28. The summed E-state index contributed by atoms with van der Waals surface area (Å²) in [6.07, 6.45) is -0.107. The van der Waals surface area contributed by atoms with Crippen molar-refractivity contribution >= 4 is 5.78 Å². The molecule has 154 valence electrons. The molecule has 1 saturated carbocycles. The highest BCUT2D eigenvalue weighted by Gasteiger charge is 2.78. The van der Waals surface area contributed by atoms with Gasteiger partial charge in [0.2, 0.25) is 0 Å². The van der Waals surface area contributed by atoms with Crippen LogP contribution in [0.25, 0.3) is 0 Å². The quantitative estimate of drug-likeness (QED) is 0.617. The van der Waals surface area contributed by atoms with E-state index in [0.717, 1.165) is 16.7 Å². The Balaban J connectivity index is 1.85. The smallest absolute Gasteiger partial charge is 0.382 e. The number of fused-ring (bicyclic) bond motifs is 4. The topological polar surface area (TPSA) is 37.3 Å². The van der Waals surface area contributed by atoms with E-state index in [4.69, 9.17) is 0 Å². The van der Waals surface area contributed by atoms with Gasteiger partial charge >= 0.3 is 12.1 Å². The molecule has 0 radical (unpaired) electrons. The number of carbonyl (C=O) groups excluding carboxylic acids is 1. The summed E-state index contributed by atoms with van der Waals surface area (Å²) in [6, 6.07) is 0. The lowest BCUT2D eigenvalue weighted by molar-refractivity contribution is -0.356. The summed E-state index contributed by atoms with van der Waals surface area (Å²) < 4.78 is 68.2. The molecule has 4 aliphatic carbocycles. The SMILES string of the molecule is C[C@@H]1CC2=CC(=O)CCC2=C2C=C[C@@]3(C)[C@@H](CC[C@@]3(O)C(F)(F)C(F)(F)F)[C@@H]21.